The van der Waals surface area contributed by atoms with Crippen LogP contribution in [-0.4, -0.2) is 30.5 Å². The van der Waals surface area contributed by atoms with Crippen LogP contribution in [0.25, 0.3) is 10.9 Å². The van der Waals surface area contributed by atoms with Crippen molar-refractivity contribution < 1.29 is 18.7 Å². The number of carbonyl (C=O) groups excluding carboxylic acids is 2. The third-order valence-corrected chi connectivity index (χ3v) is 4.05. The number of rotatable bonds is 5. The Hall–Kier alpha value is -2.37. The molecule has 0 unspecified atom stereocenters. The third kappa shape index (κ3) is 2.81. The van der Waals surface area contributed by atoms with E-state index in [9.17, 15) is 14.0 Å². The van der Waals surface area contributed by atoms with Crippen molar-refractivity contribution in [1.82, 2.24) is 10.3 Å². The van der Waals surface area contributed by atoms with Gasteiger partial charge in [-0.1, -0.05) is 0 Å². The summed E-state index contributed by atoms with van der Waals surface area (Å²) in [4.78, 5) is 26.3. The normalized spacial score (nSPS) is 19.9. The fraction of sp³-hybridized carbons (Fsp3) is 0.375. The summed E-state index contributed by atoms with van der Waals surface area (Å²) in [6.07, 6.45) is 2.98. The zero-order chi connectivity index (χ0) is 15.7. The monoisotopic (exact) mass is 304 g/mol. The molecular weight excluding hydrogens is 287 g/mol. The van der Waals surface area contributed by atoms with Crippen molar-refractivity contribution >= 4 is 22.8 Å². The van der Waals surface area contributed by atoms with Crippen molar-refractivity contribution in [2.24, 2.45) is 11.8 Å². The number of ether oxygens (including phenoxy) is 1. The molecule has 0 saturated heterocycles. The number of aromatic amines is 1. The van der Waals surface area contributed by atoms with Gasteiger partial charge in [-0.25, -0.2) is 4.39 Å². The summed E-state index contributed by atoms with van der Waals surface area (Å²) in [6, 6.07) is 4.58. The van der Waals surface area contributed by atoms with E-state index in [1.54, 1.807) is 6.07 Å². The number of carbonyl (C=O) groups is 2. The highest BCUT2D eigenvalue weighted by molar-refractivity contribution is 5.90. The molecule has 0 spiro atoms. The second-order valence-corrected chi connectivity index (χ2v) is 5.52. The quantitative estimate of drug-likeness (QED) is 0.827. The van der Waals surface area contributed by atoms with Crippen molar-refractivity contribution in [2.45, 2.75) is 12.8 Å². The molecule has 1 aromatic heterocycles. The summed E-state index contributed by atoms with van der Waals surface area (Å²) >= 11 is 0. The number of methoxy groups -OCH3 is 1. The highest BCUT2D eigenvalue weighted by Gasteiger charge is 2.48. The van der Waals surface area contributed by atoms with Gasteiger partial charge in [-0.3, -0.25) is 9.59 Å². The number of aromatic nitrogens is 1. The predicted molar refractivity (Wildman–Crippen MR) is 78.6 cm³/mol. The van der Waals surface area contributed by atoms with Crippen LogP contribution in [0.4, 0.5) is 4.39 Å². The zero-order valence-corrected chi connectivity index (χ0v) is 12.2. The van der Waals surface area contributed by atoms with Gasteiger partial charge in [0, 0.05) is 23.6 Å². The Morgan fingerprint density at radius 2 is 2.23 bits per heavy atom. The lowest BCUT2D eigenvalue weighted by molar-refractivity contribution is -0.143. The van der Waals surface area contributed by atoms with Crippen LogP contribution in [0.15, 0.2) is 24.4 Å². The second-order valence-electron chi connectivity index (χ2n) is 5.52. The molecule has 1 heterocycles. The van der Waals surface area contributed by atoms with Crippen LogP contribution in [0.2, 0.25) is 0 Å². The molecule has 1 aliphatic rings. The van der Waals surface area contributed by atoms with Crippen LogP contribution in [0, 0.1) is 17.7 Å². The molecule has 2 atom stereocenters. The van der Waals surface area contributed by atoms with E-state index in [0.717, 1.165) is 16.5 Å². The molecule has 0 radical (unpaired) electrons. The summed E-state index contributed by atoms with van der Waals surface area (Å²) in [6.45, 7) is 0.451. The first-order chi connectivity index (χ1) is 10.6. The van der Waals surface area contributed by atoms with Crippen molar-refractivity contribution in [1.29, 1.82) is 0 Å². The number of hydrogen-bond acceptors (Lipinski definition) is 3. The number of esters is 1. The van der Waals surface area contributed by atoms with E-state index in [-0.39, 0.29) is 29.5 Å². The molecule has 1 saturated carbocycles. The molecule has 1 aliphatic carbocycles. The van der Waals surface area contributed by atoms with E-state index in [0.29, 0.717) is 19.4 Å². The number of H-pyrrole nitrogens is 1. The van der Waals surface area contributed by atoms with E-state index in [4.69, 9.17) is 0 Å². The number of amides is 1. The van der Waals surface area contributed by atoms with Gasteiger partial charge in [0.25, 0.3) is 0 Å². The van der Waals surface area contributed by atoms with Crippen LogP contribution in [0.3, 0.4) is 0 Å². The average Bonchev–Trinajstić information content (AvgIpc) is 3.23. The summed E-state index contributed by atoms with van der Waals surface area (Å²) in [5.74, 6) is -1.30. The van der Waals surface area contributed by atoms with Crippen LogP contribution in [0.1, 0.15) is 12.0 Å². The highest BCUT2D eigenvalue weighted by atomic mass is 19.1. The molecule has 5 nitrogen and oxygen atoms in total. The third-order valence-electron chi connectivity index (χ3n) is 4.05. The van der Waals surface area contributed by atoms with E-state index >= 15 is 0 Å². The van der Waals surface area contributed by atoms with Gasteiger partial charge in [0.1, 0.15) is 5.82 Å². The molecule has 2 N–H and O–H groups in total. The summed E-state index contributed by atoms with van der Waals surface area (Å²) in [5.41, 5.74) is 1.82. The molecule has 6 heteroatoms. The highest BCUT2D eigenvalue weighted by Crippen LogP contribution is 2.39. The lowest BCUT2D eigenvalue weighted by Gasteiger charge is -2.04. The van der Waals surface area contributed by atoms with Crippen LogP contribution >= 0.6 is 0 Å². The Morgan fingerprint density at radius 3 is 3.00 bits per heavy atom. The van der Waals surface area contributed by atoms with E-state index in [2.05, 4.69) is 15.0 Å². The maximum Gasteiger partial charge on any atom is 0.309 e. The largest absolute Gasteiger partial charge is 0.469 e. The number of fused-ring (bicyclic) bond motifs is 1. The van der Waals surface area contributed by atoms with E-state index < -0.39 is 0 Å². The second kappa shape index (κ2) is 5.79. The lowest BCUT2D eigenvalue weighted by atomic mass is 10.1. The number of benzene rings is 1. The van der Waals surface area contributed by atoms with Crippen LogP contribution in [-0.2, 0) is 20.7 Å². The molecule has 1 aromatic carbocycles. The number of halogens is 1. The number of nitrogens with one attached hydrogen (secondary N) is 2. The number of hydrogen-bond donors (Lipinski definition) is 2. The Morgan fingerprint density at radius 1 is 1.41 bits per heavy atom. The molecule has 0 aliphatic heterocycles. The minimum absolute atomic E-state index is 0.124. The fourth-order valence-electron chi connectivity index (χ4n) is 2.71. The van der Waals surface area contributed by atoms with Crippen molar-refractivity contribution in [3.63, 3.8) is 0 Å². The van der Waals surface area contributed by atoms with Gasteiger partial charge in [-0.15, -0.1) is 0 Å². The minimum Gasteiger partial charge on any atom is -0.469 e. The molecule has 1 amide bonds. The van der Waals surface area contributed by atoms with Crippen LogP contribution < -0.4 is 5.32 Å². The van der Waals surface area contributed by atoms with Gasteiger partial charge in [0.2, 0.25) is 5.91 Å². The standard InChI is InChI=1S/C16H17FN2O3/c1-22-16(21)13-7-12(13)15(20)18-5-4-9-8-19-14-3-2-10(17)6-11(9)14/h2-3,6,8,12-13,19H,4-5,7H2,1H3,(H,18,20)/t12-,13+/m1/s1. The molecule has 0 bridgehead atoms. The minimum atomic E-state index is -0.327. The Bertz CT molecular complexity index is 725. The maximum atomic E-state index is 13.3. The van der Waals surface area contributed by atoms with Gasteiger partial charge in [0.15, 0.2) is 0 Å². The molecule has 116 valence electrons. The first-order valence-electron chi connectivity index (χ1n) is 7.21. The van der Waals surface area contributed by atoms with Gasteiger partial charge < -0.3 is 15.0 Å². The summed E-state index contributed by atoms with van der Waals surface area (Å²) in [5, 5.41) is 3.64. The van der Waals surface area contributed by atoms with E-state index in [1.807, 2.05) is 6.20 Å². The molecular formula is C16H17FN2O3. The van der Waals surface area contributed by atoms with Crippen molar-refractivity contribution in [3.8, 4) is 0 Å². The summed E-state index contributed by atoms with van der Waals surface area (Å²) < 4.78 is 17.9. The Balaban J connectivity index is 1.54. The van der Waals surface area contributed by atoms with Crippen molar-refractivity contribution in [2.75, 3.05) is 13.7 Å². The molecule has 22 heavy (non-hydrogen) atoms. The molecule has 2 aromatic rings. The topological polar surface area (TPSA) is 71.2 Å². The SMILES string of the molecule is COC(=O)[C@H]1C[C@H]1C(=O)NCCc1c[nH]c2ccc(F)cc12. The average molecular weight is 304 g/mol. The van der Waals surface area contributed by atoms with Crippen LogP contribution in [0.5, 0.6) is 0 Å². The van der Waals surface area contributed by atoms with Gasteiger partial charge in [0.05, 0.1) is 18.9 Å². The smallest absolute Gasteiger partial charge is 0.309 e. The predicted octanol–water partition coefficient (Wildman–Crippen LogP) is 1.77. The first kappa shape index (κ1) is 14.6. The van der Waals surface area contributed by atoms with Gasteiger partial charge in [-0.2, -0.15) is 0 Å². The molecule has 3 rings (SSSR count). The Labute approximate surface area is 126 Å². The maximum absolute atomic E-state index is 13.3. The Kier molecular flexibility index (Phi) is 3.83. The summed E-state index contributed by atoms with van der Waals surface area (Å²) in [7, 11) is 1.33. The zero-order valence-electron chi connectivity index (χ0n) is 12.2. The molecule has 1 fully saturated rings. The van der Waals surface area contributed by atoms with Gasteiger partial charge >= 0.3 is 5.97 Å². The first-order valence-corrected chi connectivity index (χ1v) is 7.21. The van der Waals surface area contributed by atoms with Crippen molar-refractivity contribution in [3.05, 3.63) is 35.8 Å². The lowest BCUT2D eigenvalue weighted by Crippen LogP contribution is -2.28. The fourth-order valence-corrected chi connectivity index (χ4v) is 2.71. The van der Waals surface area contributed by atoms with E-state index in [1.165, 1.54) is 19.2 Å². The van der Waals surface area contributed by atoms with Gasteiger partial charge in [-0.05, 0) is 36.6 Å².